The monoisotopic (exact) mass is 246 g/mol. The SMILES string of the molecule is Cc1ccc(O)c2c1C(C)c1cc(Cl)nnc1-2. The van der Waals surface area contributed by atoms with Crippen LogP contribution < -0.4 is 0 Å². The minimum absolute atomic E-state index is 0.195. The molecule has 1 aromatic heterocycles. The maximum Gasteiger partial charge on any atom is 0.152 e. The number of hydrogen-bond donors (Lipinski definition) is 1. The Kier molecular flexibility index (Phi) is 2.13. The predicted molar refractivity (Wildman–Crippen MR) is 66.4 cm³/mol. The summed E-state index contributed by atoms with van der Waals surface area (Å²) in [5, 5.41) is 18.3. The van der Waals surface area contributed by atoms with Crippen molar-refractivity contribution in [2.75, 3.05) is 0 Å². The number of nitrogens with zero attached hydrogens (tertiary/aromatic N) is 2. The van der Waals surface area contributed by atoms with E-state index in [1.807, 2.05) is 19.1 Å². The van der Waals surface area contributed by atoms with Crippen molar-refractivity contribution >= 4 is 11.6 Å². The van der Waals surface area contributed by atoms with Crippen molar-refractivity contribution in [2.24, 2.45) is 0 Å². The van der Waals surface area contributed by atoms with Crippen molar-refractivity contribution in [3.05, 3.63) is 40.0 Å². The lowest BCUT2D eigenvalue weighted by Gasteiger charge is -2.09. The quantitative estimate of drug-likeness (QED) is 0.776. The molecule has 1 unspecified atom stereocenters. The summed E-state index contributed by atoms with van der Waals surface area (Å²) in [6, 6.07) is 5.45. The molecule has 0 amide bonds. The summed E-state index contributed by atoms with van der Waals surface area (Å²) in [6.07, 6.45) is 0. The van der Waals surface area contributed by atoms with Crippen LogP contribution in [0.1, 0.15) is 29.5 Å². The second-order valence-corrected chi connectivity index (χ2v) is 4.77. The molecule has 1 aliphatic rings. The molecule has 1 aromatic carbocycles. The molecular formula is C13H11ClN2O. The van der Waals surface area contributed by atoms with Gasteiger partial charge in [0, 0.05) is 11.5 Å². The van der Waals surface area contributed by atoms with Crippen LogP contribution in [0.3, 0.4) is 0 Å². The Morgan fingerprint density at radius 3 is 2.82 bits per heavy atom. The maximum atomic E-state index is 9.99. The number of phenols is 1. The largest absolute Gasteiger partial charge is 0.507 e. The van der Waals surface area contributed by atoms with E-state index in [0.29, 0.717) is 5.15 Å². The fourth-order valence-electron chi connectivity index (χ4n) is 2.58. The molecule has 0 aliphatic heterocycles. The van der Waals surface area contributed by atoms with E-state index in [1.54, 1.807) is 6.07 Å². The van der Waals surface area contributed by atoms with E-state index >= 15 is 0 Å². The highest BCUT2D eigenvalue weighted by atomic mass is 35.5. The Labute approximate surface area is 104 Å². The zero-order valence-electron chi connectivity index (χ0n) is 9.53. The van der Waals surface area contributed by atoms with E-state index in [0.717, 1.165) is 27.9 Å². The Morgan fingerprint density at radius 1 is 1.29 bits per heavy atom. The van der Waals surface area contributed by atoms with Gasteiger partial charge in [0.15, 0.2) is 5.15 Å². The first-order valence-corrected chi connectivity index (χ1v) is 5.83. The lowest BCUT2D eigenvalue weighted by molar-refractivity contribution is 0.476. The number of aryl methyl sites for hydroxylation is 1. The molecular weight excluding hydrogens is 236 g/mol. The molecule has 3 rings (SSSR count). The van der Waals surface area contributed by atoms with E-state index in [1.165, 1.54) is 0 Å². The average molecular weight is 247 g/mol. The van der Waals surface area contributed by atoms with Crippen LogP contribution in [-0.4, -0.2) is 15.3 Å². The number of fused-ring (bicyclic) bond motifs is 3. The third-order valence-electron chi connectivity index (χ3n) is 3.37. The van der Waals surface area contributed by atoms with Crippen LogP contribution in [0.25, 0.3) is 11.3 Å². The number of benzene rings is 1. The van der Waals surface area contributed by atoms with Crippen LogP contribution in [0.4, 0.5) is 0 Å². The molecule has 2 aromatic rings. The van der Waals surface area contributed by atoms with E-state index in [-0.39, 0.29) is 11.7 Å². The molecule has 0 fully saturated rings. The van der Waals surface area contributed by atoms with Crippen molar-refractivity contribution in [2.45, 2.75) is 19.8 Å². The first-order valence-electron chi connectivity index (χ1n) is 5.45. The molecule has 0 saturated carbocycles. The summed E-state index contributed by atoms with van der Waals surface area (Å²) in [5.74, 6) is 0.452. The lowest BCUT2D eigenvalue weighted by Crippen LogP contribution is -1.93. The smallest absolute Gasteiger partial charge is 0.152 e. The highest BCUT2D eigenvalue weighted by Crippen LogP contribution is 2.48. The van der Waals surface area contributed by atoms with Gasteiger partial charge in [0.2, 0.25) is 0 Å². The van der Waals surface area contributed by atoms with Gasteiger partial charge in [-0.1, -0.05) is 24.6 Å². The molecule has 86 valence electrons. The summed E-state index contributed by atoms with van der Waals surface area (Å²) >= 11 is 5.88. The topological polar surface area (TPSA) is 46.0 Å². The molecule has 1 heterocycles. The molecule has 0 radical (unpaired) electrons. The molecule has 0 saturated heterocycles. The van der Waals surface area contributed by atoms with Gasteiger partial charge in [0.05, 0.1) is 0 Å². The standard InChI is InChI=1S/C13H11ClN2O/c1-6-3-4-9(17)12-11(6)7(2)8-5-10(14)15-16-13(8)12/h3-5,7,17H,1-2H3. The predicted octanol–water partition coefficient (Wildman–Crippen LogP) is 3.28. The van der Waals surface area contributed by atoms with Gasteiger partial charge in [-0.15, -0.1) is 10.2 Å². The van der Waals surface area contributed by atoms with Gasteiger partial charge >= 0.3 is 0 Å². The van der Waals surface area contributed by atoms with Gasteiger partial charge in [0.1, 0.15) is 11.4 Å². The normalized spacial score (nSPS) is 16.8. The third-order valence-corrected chi connectivity index (χ3v) is 3.56. The lowest BCUT2D eigenvalue weighted by atomic mass is 9.95. The second-order valence-electron chi connectivity index (χ2n) is 4.38. The molecule has 17 heavy (non-hydrogen) atoms. The molecule has 1 N–H and O–H groups in total. The molecule has 0 bridgehead atoms. The van der Waals surface area contributed by atoms with E-state index in [9.17, 15) is 5.11 Å². The fraction of sp³-hybridized carbons (Fsp3) is 0.231. The number of rotatable bonds is 0. The van der Waals surface area contributed by atoms with E-state index < -0.39 is 0 Å². The van der Waals surface area contributed by atoms with E-state index in [2.05, 4.69) is 17.1 Å². The van der Waals surface area contributed by atoms with Crippen molar-refractivity contribution in [3.63, 3.8) is 0 Å². The van der Waals surface area contributed by atoms with Crippen molar-refractivity contribution in [3.8, 4) is 17.0 Å². The highest BCUT2D eigenvalue weighted by molar-refractivity contribution is 6.29. The minimum Gasteiger partial charge on any atom is -0.507 e. The highest BCUT2D eigenvalue weighted by Gasteiger charge is 2.31. The summed E-state index contributed by atoms with van der Waals surface area (Å²) in [7, 11) is 0. The van der Waals surface area contributed by atoms with Crippen LogP contribution in [0, 0.1) is 6.92 Å². The van der Waals surface area contributed by atoms with Crippen LogP contribution in [-0.2, 0) is 0 Å². The first kappa shape index (κ1) is 10.5. The number of halogens is 1. The maximum absolute atomic E-state index is 9.99. The second kappa shape index (κ2) is 3.44. The zero-order valence-corrected chi connectivity index (χ0v) is 10.3. The molecule has 1 atom stereocenters. The number of phenolic OH excluding ortho intramolecular Hbond substituents is 1. The summed E-state index contributed by atoms with van der Waals surface area (Å²) in [4.78, 5) is 0. The molecule has 0 spiro atoms. The van der Waals surface area contributed by atoms with Gasteiger partial charge in [0.25, 0.3) is 0 Å². The van der Waals surface area contributed by atoms with Gasteiger partial charge < -0.3 is 5.11 Å². The van der Waals surface area contributed by atoms with Gasteiger partial charge in [-0.05, 0) is 35.7 Å². The summed E-state index contributed by atoms with van der Waals surface area (Å²) in [5.41, 5.74) is 4.86. The molecule has 4 heteroatoms. The minimum atomic E-state index is 0.195. The Hall–Kier alpha value is -1.61. The van der Waals surface area contributed by atoms with Gasteiger partial charge in [-0.3, -0.25) is 0 Å². The van der Waals surface area contributed by atoms with Crippen molar-refractivity contribution in [1.29, 1.82) is 0 Å². The van der Waals surface area contributed by atoms with Crippen molar-refractivity contribution in [1.82, 2.24) is 10.2 Å². The van der Waals surface area contributed by atoms with Gasteiger partial charge in [-0.2, -0.15) is 0 Å². The molecule has 3 nitrogen and oxygen atoms in total. The third kappa shape index (κ3) is 1.35. The average Bonchev–Trinajstić information content (AvgIpc) is 2.59. The fourth-order valence-corrected chi connectivity index (χ4v) is 2.74. The van der Waals surface area contributed by atoms with Gasteiger partial charge in [-0.25, -0.2) is 0 Å². The Balaban J connectivity index is 2.39. The van der Waals surface area contributed by atoms with Crippen LogP contribution >= 0.6 is 11.6 Å². The summed E-state index contributed by atoms with van der Waals surface area (Å²) < 4.78 is 0. The van der Waals surface area contributed by atoms with Crippen LogP contribution in [0.5, 0.6) is 5.75 Å². The molecule has 1 aliphatic carbocycles. The van der Waals surface area contributed by atoms with E-state index in [4.69, 9.17) is 11.6 Å². The van der Waals surface area contributed by atoms with Crippen LogP contribution in [0.2, 0.25) is 5.15 Å². The van der Waals surface area contributed by atoms with Crippen molar-refractivity contribution < 1.29 is 5.11 Å². The number of aromatic hydroxyl groups is 1. The first-order chi connectivity index (χ1) is 8.09. The zero-order chi connectivity index (χ0) is 12.2. The number of aromatic nitrogens is 2. The summed E-state index contributed by atoms with van der Waals surface area (Å²) in [6.45, 7) is 4.13. The van der Waals surface area contributed by atoms with Crippen LogP contribution in [0.15, 0.2) is 18.2 Å². The Morgan fingerprint density at radius 2 is 2.06 bits per heavy atom. The number of hydrogen-bond acceptors (Lipinski definition) is 3. The Bertz CT molecular complexity index is 625.